The van der Waals surface area contributed by atoms with E-state index in [1.54, 1.807) is 0 Å². The van der Waals surface area contributed by atoms with E-state index in [1.807, 2.05) is 13.8 Å². The van der Waals surface area contributed by atoms with Crippen LogP contribution in [0.4, 0.5) is 0 Å². The summed E-state index contributed by atoms with van der Waals surface area (Å²) in [5.41, 5.74) is 0.0632. The largest absolute Gasteiger partial charge is 0.370 e. The van der Waals surface area contributed by atoms with Gasteiger partial charge in [-0.15, -0.1) is 0 Å². The number of hydrogen-bond donors (Lipinski definition) is 0. The quantitative estimate of drug-likeness (QED) is 0.714. The van der Waals surface area contributed by atoms with Crippen LogP contribution in [0.15, 0.2) is 0 Å². The van der Waals surface area contributed by atoms with Crippen LogP contribution in [-0.2, 0) is 18.9 Å². The van der Waals surface area contributed by atoms with Gasteiger partial charge >= 0.3 is 5.97 Å². The van der Waals surface area contributed by atoms with Gasteiger partial charge in [0, 0.05) is 12.0 Å². The summed E-state index contributed by atoms with van der Waals surface area (Å²) in [5.74, 6) is -0.951. The lowest BCUT2D eigenvalue weighted by molar-refractivity contribution is -0.491. The summed E-state index contributed by atoms with van der Waals surface area (Å²) in [4.78, 5) is 0. The maximum absolute atomic E-state index is 5.70. The minimum absolute atomic E-state index is 0.0632. The van der Waals surface area contributed by atoms with E-state index in [2.05, 4.69) is 6.92 Å². The van der Waals surface area contributed by atoms with Crippen molar-refractivity contribution in [3.63, 3.8) is 0 Å². The molecule has 88 valence electrons. The number of fused-ring (bicyclic) bond motifs is 3. The second kappa shape index (κ2) is 4.01. The molecule has 3 rings (SSSR count). The minimum Gasteiger partial charge on any atom is -0.370 e. The summed E-state index contributed by atoms with van der Waals surface area (Å²) in [7, 11) is 0. The lowest BCUT2D eigenvalue weighted by atomic mass is 9.86. The zero-order valence-corrected chi connectivity index (χ0v) is 9.75. The Balaban J connectivity index is 2.03. The van der Waals surface area contributed by atoms with Crippen LogP contribution in [-0.4, -0.2) is 38.5 Å². The Hall–Kier alpha value is -0.160. The fourth-order valence-corrected chi connectivity index (χ4v) is 2.02. The van der Waals surface area contributed by atoms with Crippen LogP contribution in [0.5, 0.6) is 0 Å². The van der Waals surface area contributed by atoms with E-state index in [-0.39, 0.29) is 11.5 Å². The highest BCUT2D eigenvalue weighted by atomic mass is 16.9. The lowest BCUT2D eigenvalue weighted by Crippen LogP contribution is -2.64. The van der Waals surface area contributed by atoms with Crippen LogP contribution in [0.25, 0.3) is 0 Å². The molecule has 15 heavy (non-hydrogen) atoms. The average molecular weight is 216 g/mol. The van der Waals surface area contributed by atoms with Crippen LogP contribution in [0.3, 0.4) is 0 Å². The van der Waals surface area contributed by atoms with Gasteiger partial charge in [0.2, 0.25) is 0 Å². The van der Waals surface area contributed by atoms with Crippen molar-refractivity contribution in [2.45, 2.75) is 39.3 Å². The van der Waals surface area contributed by atoms with Crippen LogP contribution in [0, 0.1) is 5.41 Å². The summed E-state index contributed by atoms with van der Waals surface area (Å²) < 4.78 is 22.6. The Morgan fingerprint density at radius 3 is 2.07 bits per heavy atom. The third-order valence-corrected chi connectivity index (χ3v) is 3.40. The van der Waals surface area contributed by atoms with E-state index in [4.69, 9.17) is 18.9 Å². The molecule has 0 saturated carbocycles. The van der Waals surface area contributed by atoms with Crippen LogP contribution in [0.2, 0.25) is 0 Å². The fourth-order valence-electron chi connectivity index (χ4n) is 2.02. The molecule has 1 unspecified atom stereocenters. The van der Waals surface area contributed by atoms with Crippen molar-refractivity contribution >= 4 is 0 Å². The smallest absolute Gasteiger partial charge is 0.310 e. The van der Waals surface area contributed by atoms with E-state index >= 15 is 0 Å². The van der Waals surface area contributed by atoms with E-state index in [0.29, 0.717) is 26.4 Å². The Morgan fingerprint density at radius 2 is 1.67 bits per heavy atom. The Bertz CT molecular complexity index is 204. The second-order valence-electron chi connectivity index (χ2n) is 4.42. The number of rotatable bonds is 4. The van der Waals surface area contributed by atoms with Gasteiger partial charge in [0.15, 0.2) is 0 Å². The molecule has 0 aromatic heterocycles. The lowest BCUT2D eigenvalue weighted by Gasteiger charge is -2.53. The molecule has 4 heteroatoms. The van der Waals surface area contributed by atoms with E-state index in [0.717, 1.165) is 6.42 Å². The molecular weight excluding hydrogens is 196 g/mol. The molecule has 0 aromatic rings. The molecule has 2 bridgehead atoms. The zero-order chi connectivity index (χ0) is 10.9. The van der Waals surface area contributed by atoms with Gasteiger partial charge in [-0.25, -0.2) is 0 Å². The van der Waals surface area contributed by atoms with Crippen molar-refractivity contribution in [1.29, 1.82) is 0 Å². The van der Waals surface area contributed by atoms with Crippen LogP contribution in [0.1, 0.15) is 27.2 Å². The van der Waals surface area contributed by atoms with E-state index in [9.17, 15) is 0 Å². The molecule has 1 atom stereocenters. The monoisotopic (exact) mass is 216 g/mol. The van der Waals surface area contributed by atoms with Gasteiger partial charge < -0.3 is 18.9 Å². The molecule has 3 aliphatic heterocycles. The average Bonchev–Trinajstić information content (AvgIpc) is 2.32. The van der Waals surface area contributed by atoms with Crippen molar-refractivity contribution in [2.24, 2.45) is 5.41 Å². The van der Waals surface area contributed by atoms with Gasteiger partial charge in [0.1, 0.15) is 6.10 Å². The molecule has 4 nitrogen and oxygen atoms in total. The Labute approximate surface area is 90.8 Å². The van der Waals surface area contributed by atoms with Gasteiger partial charge in [0.05, 0.1) is 19.8 Å². The van der Waals surface area contributed by atoms with E-state index in [1.165, 1.54) is 0 Å². The first-order valence-electron chi connectivity index (χ1n) is 5.70. The molecule has 0 N–H and O–H groups in total. The minimum atomic E-state index is -0.951. The highest BCUT2D eigenvalue weighted by Gasteiger charge is 2.55. The summed E-state index contributed by atoms with van der Waals surface area (Å²) >= 11 is 0. The molecular formula is C11H20O4. The predicted octanol–water partition coefficient (Wildman–Crippen LogP) is 1.54. The normalized spacial score (nSPS) is 41.8. The second-order valence-corrected chi connectivity index (χ2v) is 4.42. The van der Waals surface area contributed by atoms with E-state index < -0.39 is 5.97 Å². The first-order chi connectivity index (χ1) is 7.16. The fraction of sp³-hybridized carbons (Fsp3) is 1.00. The van der Waals surface area contributed by atoms with Gasteiger partial charge in [0.25, 0.3) is 0 Å². The van der Waals surface area contributed by atoms with Crippen molar-refractivity contribution in [2.75, 3.05) is 26.4 Å². The van der Waals surface area contributed by atoms with Gasteiger partial charge in [-0.1, -0.05) is 6.92 Å². The maximum Gasteiger partial charge on any atom is 0.310 e. The van der Waals surface area contributed by atoms with Gasteiger partial charge in [-0.05, 0) is 20.3 Å². The molecule has 3 saturated heterocycles. The topological polar surface area (TPSA) is 36.9 Å². The molecule has 0 spiro atoms. The summed E-state index contributed by atoms with van der Waals surface area (Å²) in [6.07, 6.45) is 0.837. The van der Waals surface area contributed by atoms with Crippen molar-refractivity contribution < 1.29 is 18.9 Å². The van der Waals surface area contributed by atoms with Gasteiger partial charge in [-0.2, -0.15) is 0 Å². The third-order valence-electron chi connectivity index (χ3n) is 3.40. The molecule has 0 aromatic carbocycles. The molecule has 3 heterocycles. The molecule has 0 aliphatic carbocycles. The Morgan fingerprint density at radius 1 is 1.13 bits per heavy atom. The van der Waals surface area contributed by atoms with Gasteiger partial charge in [-0.3, -0.25) is 0 Å². The highest BCUT2D eigenvalue weighted by molar-refractivity contribution is 4.89. The first kappa shape index (κ1) is 11.3. The standard InChI is InChI=1S/C11H20O4/c1-4-10-6-13-11(14-7-10,15-8-10)9(3)12-5-2/h9H,4-8H2,1-3H3. The van der Waals surface area contributed by atoms with Crippen LogP contribution >= 0.6 is 0 Å². The molecule has 3 aliphatic rings. The highest BCUT2D eigenvalue weighted by Crippen LogP contribution is 2.42. The molecule has 3 fully saturated rings. The van der Waals surface area contributed by atoms with Crippen LogP contribution < -0.4 is 0 Å². The number of hydrogen-bond acceptors (Lipinski definition) is 4. The van der Waals surface area contributed by atoms with Crippen molar-refractivity contribution in [3.05, 3.63) is 0 Å². The Kier molecular flexibility index (Phi) is 3.03. The molecule has 0 amide bonds. The maximum atomic E-state index is 5.70. The number of ether oxygens (including phenoxy) is 4. The molecule has 0 radical (unpaired) electrons. The summed E-state index contributed by atoms with van der Waals surface area (Å²) in [6, 6.07) is 0. The predicted molar refractivity (Wildman–Crippen MR) is 54.4 cm³/mol. The zero-order valence-electron chi connectivity index (χ0n) is 9.75. The summed E-state index contributed by atoms with van der Waals surface area (Å²) in [5, 5.41) is 0. The summed E-state index contributed by atoms with van der Waals surface area (Å²) in [6.45, 7) is 8.78. The van der Waals surface area contributed by atoms with Crippen molar-refractivity contribution in [3.8, 4) is 0 Å². The SMILES string of the molecule is CCOC(C)C12OCC(CC)(CO1)CO2. The third kappa shape index (κ3) is 1.80. The van der Waals surface area contributed by atoms with Crippen molar-refractivity contribution in [1.82, 2.24) is 0 Å². The first-order valence-corrected chi connectivity index (χ1v) is 5.70.